The molecule has 0 aromatic heterocycles. The van der Waals surface area contributed by atoms with Gasteiger partial charge in [-0.05, 0) is 39.7 Å². The maximum absolute atomic E-state index is 13.1. The number of carboxylic acid groups (broad SMARTS) is 1. The molecule has 10 nitrogen and oxygen atoms in total. The summed E-state index contributed by atoms with van der Waals surface area (Å²) in [5.74, 6) is -3.15. The van der Waals surface area contributed by atoms with Crippen molar-refractivity contribution in [1.29, 1.82) is 0 Å². The summed E-state index contributed by atoms with van der Waals surface area (Å²) in [7, 11) is -4.29. The van der Waals surface area contributed by atoms with Crippen LogP contribution in [0.3, 0.4) is 0 Å². The van der Waals surface area contributed by atoms with E-state index < -0.39 is 55.4 Å². The summed E-state index contributed by atoms with van der Waals surface area (Å²) in [6.45, 7) is 8.20. The van der Waals surface area contributed by atoms with Crippen molar-refractivity contribution in [2.24, 2.45) is 5.92 Å². The number of esters is 1. The molecule has 172 valence electrons. The molecule has 0 saturated heterocycles. The lowest BCUT2D eigenvalue weighted by Crippen LogP contribution is -2.35. The van der Waals surface area contributed by atoms with Crippen molar-refractivity contribution >= 4 is 27.6 Å². The first-order valence-corrected chi connectivity index (χ1v) is 11.0. The smallest absolute Gasteiger partial charge is 0.307 e. The minimum absolute atomic E-state index is 0.0450. The van der Waals surface area contributed by atoms with Crippen molar-refractivity contribution in [3.8, 4) is 0 Å². The van der Waals surface area contributed by atoms with Gasteiger partial charge in [0.15, 0.2) is 4.90 Å². The van der Waals surface area contributed by atoms with Crippen LogP contribution in [0, 0.1) is 16.0 Å². The summed E-state index contributed by atoms with van der Waals surface area (Å²) in [5, 5.41) is 20.7. The summed E-state index contributed by atoms with van der Waals surface area (Å²) < 4.78 is 32.3. The number of benzene rings is 1. The van der Waals surface area contributed by atoms with Crippen LogP contribution in [0.15, 0.2) is 41.8 Å². The predicted molar refractivity (Wildman–Crippen MR) is 113 cm³/mol. The number of sulfonamides is 1. The van der Waals surface area contributed by atoms with E-state index in [0.29, 0.717) is 0 Å². The second kappa shape index (κ2) is 11.0. The summed E-state index contributed by atoms with van der Waals surface area (Å²) in [6, 6.07) is 4.94. The van der Waals surface area contributed by atoms with E-state index in [2.05, 4.69) is 6.58 Å². The molecule has 0 aliphatic carbocycles. The van der Waals surface area contributed by atoms with E-state index in [-0.39, 0.29) is 25.9 Å². The predicted octanol–water partition coefficient (Wildman–Crippen LogP) is 2.98. The number of para-hydroxylation sites is 1. The first-order chi connectivity index (χ1) is 14.3. The minimum atomic E-state index is -4.29. The molecule has 0 heterocycles. The standard InChI is InChI=1S/C20H28N2O8S/c1-5-6-12-21(31(28,29)17-10-8-7-9-16(17)22(26)27)13-11-15(19(24)25)14-18(23)30-20(2,3)4/h5,7-10,15H,1,6,11-14H2,2-4H3,(H,24,25)/t15-/m1/s1. The van der Waals surface area contributed by atoms with E-state index >= 15 is 0 Å². The van der Waals surface area contributed by atoms with Gasteiger partial charge in [-0.15, -0.1) is 6.58 Å². The Morgan fingerprint density at radius 3 is 2.42 bits per heavy atom. The van der Waals surface area contributed by atoms with E-state index in [9.17, 15) is 33.2 Å². The highest BCUT2D eigenvalue weighted by molar-refractivity contribution is 7.89. The number of hydrogen-bond acceptors (Lipinski definition) is 7. The fourth-order valence-corrected chi connectivity index (χ4v) is 4.38. The van der Waals surface area contributed by atoms with Gasteiger partial charge in [-0.1, -0.05) is 18.2 Å². The molecule has 1 N–H and O–H groups in total. The monoisotopic (exact) mass is 456 g/mol. The Hall–Kier alpha value is -2.79. The molecular weight excluding hydrogens is 428 g/mol. The zero-order valence-electron chi connectivity index (χ0n) is 17.8. The third-order valence-electron chi connectivity index (χ3n) is 4.17. The van der Waals surface area contributed by atoms with Gasteiger partial charge in [0.1, 0.15) is 5.60 Å². The fourth-order valence-electron chi connectivity index (χ4n) is 2.75. The van der Waals surface area contributed by atoms with Gasteiger partial charge >= 0.3 is 11.9 Å². The van der Waals surface area contributed by atoms with Crippen molar-refractivity contribution in [2.45, 2.75) is 50.5 Å². The molecule has 1 aromatic carbocycles. The number of rotatable bonds is 12. The van der Waals surface area contributed by atoms with Gasteiger partial charge < -0.3 is 9.84 Å². The molecule has 0 fully saturated rings. The van der Waals surface area contributed by atoms with Crippen molar-refractivity contribution in [3.63, 3.8) is 0 Å². The van der Waals surface area contributed by atoms with Crippen LogP contribution < -0.4 is 0 Å². The summed E-state index contributed by atoms with van der Waals surface area (Å²) >= 11 is 0. The minimum Gasteiger partial charge on any atom is -0.481 e. The second-order valence-corrected chi connectivity index (χ2v) is 9.73. The molecule has 0 unspecified atom stereocenters. The Bertz CT molecular complexity index is 921. The molecule has 1 aromatic rings. The molecule has 31 heavy (non-hydrogen) atoms. The third kappa shape index (κ3) is 8.10. The largest absolute Gasteiger partial charge is 0.481 e. The first-order valence-electron chi connectivity index (χ1n) is 9.58. The number of nitrogens with zero attached hydrogens (tertiary/aromatic N) is 2. The van der Waals surface area contributed by atoms with Crippen LogP contribution in [-0.2, 0) is 24.3 Å². The molecule has 0 saturated carbocycles. The van der Waals surface area contributed by atoms with Gasteiger partial charge in [-0.25, -0.2) is 8.42 Å². The highest BCUT2D eigenvalue weighted by Crippen LogP contribution is 2.27. The zero-order valence-corrected chi connectivity index (χ0v) is 18.6. The SMILES string of the molecule is C=CCCN(CC[C@H](CC(=O)OC(C)(C)C)C(=O)O)S(=O)(=O)c1ccccc1[N+](=O)[O-]. The van der Waals surface area contributed by atoms with Crippen molar-refractivity contribution in [1.82, 2.24) is 4.31 Å². The third-order valence-corrected chi connectivity index (χ3v) is 6.12. The molecule has 0 aliphatic heterocycles. The highest BCUT2D eigenvalue weighted by atomic mass is 32.2. The molecular formula is C20H28N2O8S. The van der Waals surface area contributed by atoms with Gasteiger partial charge in [0.05, 0.1) is 17.3 Å². The lowest BCUT2D eigenvalue weighted by atomic mass is 10.0. The van der Waals surface area contributed by atoms with Crippen molar-refractivity contribution in [3.05, 3.63) is 47.0 Å². The van der Waals surface area contributed by atoms with Gasteiger partial charge in [0, 0.05) is 19.2 Å². The number of nitro groups is 1. The quantitative estimate of drug-likeness (QED) is 0.219. The van der Waals surface area contributed by atoms with Gasteiger partial charge in [0.25, 0.3) is 5.69 Å². The summed E-state index contributed by atoms with van der Waals surface area (Å²) in [5.41, 5.74) is -1.36. The van der Waals surface area contributed by atoms with Crippen LogP contribution in [0.4, 0.5) is 5.69 Å². The Morgan fingerprint density at radius 1 is 1.29 bits per heavy atom. The summed E-state index contributed by atoms with van der Waals surface area (Å²) in [4.78, 5) is 33.6. The van der Waals surface area contributed by atoms with Gasteiger partial charge in [-0.3, -0.25) is 19.7 Å². The van der Waals surface area contributed by atoms with Crippen molar-refractivity contribution < 1.29 is 32.8 Å². The number of ether oxygens (including phenoxy) is 1. The Balaban J connectivity index is 3.11. The average molecular weight is 457 g/mol. The zero-order chi connectivity index (χ0) is 23.8. The number of aliphatic carboxylic acids is 1. The molecule has 0 amide bonds. The number of hydrogen-bond donors (Lipinski definition) is 1. The molecule has 0 radical (unpaired) electrons. The van der Waals surface area contributed by atoms with Gasteiger partial charge in [-0.2, -0.15) is 4.31 Å². The first kappa shape index (κ1) is 26.2. The van der Waals surface area contributed by atoms with E-state index in [1.165, 1.54) is 18.2 Å². The van der Waals surface area contributed by atoms with Crippen molar-refractivity contribution in [2.75, 3.05) is 13.1 Å². The van der Waals surface area contributed by atoms with E-state index in [4.69, 9.17) is 4.74 Å². The topological polar surface area (TPSA) is 144 Å². The Labute approximate surface area is 181 Å². The fraction of sp³-hybridized carbons (Fsp3) is 0.500. The molecule has 1 rings (SSSR count). The Kier molecular flexibility index (Phi) is 9.32. The van der Waals surface area contributed by atoms with Crippen LogP contribution >= 0.6 is 0 Å². The molecule has 1 atom stereocenters. The number of nitro benzene ring substituents is 1. The molecule has 0 bridgehead atoms. The van der Waals surface area contributed by atoms with Crippen LogP contribution in [0.25, 0.3) is 0 Å². The lowest BCUT2D eigenvalue weighted by molar-refractivity contribution is -0.387. The molecule has 0 aliphatic rings. The van der Waals surface area contributed by atoms with Crippen LogP contribution in [0.5, 0.6) is 0 Å². The van der Waals surface area contributed by atoms with E-state index in [0.717, 1.165) is 16.4 Å². The molecule has 11 heteroatoms. The van der Waals surface area contributed by atoms with E-state index in [1.54, 1.807) is 20.8 Å². The van der Waals surface area contributed by atoms with Crippen LogP contribution in [-0.4, -0.2) is 53.4 Å². The Morgan fingerprint density at radius 2 is 1.90 bits per heavy atom. The number of carboxylic acids is 1. The maximum Gasteiger partial charge on any atom is 0.307 e. The summed E-state index contributed by atoms with van der Waals surface area (Å²) in [6.07, 6.45) is 1.14. The average Bonchev–Trinajstić information content (AvgIpc) is 2.65. The lowest BCUT2D eigenvalue weighted by Gasteiger charge is -2.24. The maximum atomic E-state index is 13.1. The highest BCUT2D eigenvalue weighted by Gasteiger charge is 2.33. The molecule has 0 spiro atoms. The second-order valence-electron chi connectivity index (χ2n) is 7.82. The van der Waals surface area contributed by atoms with Crippen LogP contribution in [0.1, 0.15) is 40.0 Å². The van der Waals surface area contributed by atoms with Crippen LogP contribution in [0.2, 0.25) is 0 Å². The van der Waals surface area contributed by atoms with Gasteiger partial charge in [0.2, 0.25) is 10.0 Å². The number of carbonyl (C=O) groups excluding carboxylic acids is 1. The normalized spacial score (nSPS) is 12.9. The van der Waals surface area contributed by atoms with E-state index in [1.807, 2.05) is 0 Å². The number of carbonyl (C=O) groups is 2.